The molecule has 1 atom stereocenters. The van der Waals surface area contributed by atoms with Gasteiger partial charge in [0.05, 0.1) is 6.61 Å². The summed E-state index contributed by atoms with van der Waals surface area (Å²) in [5, 5.41) is 10.2. The van der Waals surface area contributed by atoms with Gasteiger partial charge in [-0.15, -0.1) is 0 Å². The van der Waals surface area contributed by atoms with Crippen molar-refractivity contribution in [1.29, 1.82) is 5.41 Å². The van der Waals surface area contributed by atoms with Crippen molar-refractivity contribution in [3.05, 3.63) is 41.5 Å². The fourth-order valence-corrected chi connectivity index (χ4v) is 1.89. The topological polar surface area (TPSA) is 74.7 Å². The predicted octanol–water partition coefficient (Wildman–Crippen LogP) is 1.57. The molecule has 20 heavy (non-hydrogen) atoms. The van der Waals surface area contributed by atoms with Crippen LogP contribution in [0.2, 0.25) is 0 Å². The predicted molar refractivity (Wildman–Crippen MR) is 76.3 cm³/mol. The zero-order valence-corrected chi connectivity index (χ0v) is 11.4. The smallest absolute Gasteiger partial charge is 0.243 e. The molecule has 2 N–H and O–H groups in total. The van der Waals surface area contributed by atoms with E-state index in [1.807, 2.05) is 19.1 Å². The first-order valence-electron chi connectivity index (χ1n) is 6.42. The van der Waals surface area contributed by atoms with Crippen LogP contribution in [0.25, 0.3) is 0 Å². The lowest BCUT2D eigenvalue weighted by Gasteiger charge is -2.13. The van der Waals surface area contributed by atoms with Crippen molar-refractivity contribution in [3.8, 4) is 5.75 Å². The highest BCUT2D eigenvalue weighted by Gasteiger charge is 2.24. The van der Waals surface area contributed by atoms with Gasteiger partial charge in [0.2, 0.25) is 5.91 Å². The van der Waals surface area contributed by atoms with E-state index in [9.17, 15) is 4.79 Å². The molecule has 1 unspecified atom stereocenters. The Hall–Kier alpha value is -2.14. The van der Waals surface area contributed by atoms with Crippen LogP contribution in [0.5, 0.6) is 5.75 Å². The van der Waals surface area contributed by atoms with Crippen molar-refractivity contribution in [1.82, 2.24) is 5.32 Å². The molecule has 0 spiro atoms. The second-order valence-electron chi connectivity index (χ2n) is 4.66. The van der Waals surface area contributed by atoms with Gasteiger partial charge < -0.3 is 20.2 Å². The molecule has 5 heteroatoms. The number of aryl methyl sites for hydroxylation is 1. The first kappa shape index (κ1) is 14.3. The zero-order chi connectivity index (χ0) is 14.5. The van der Waals surface area contributed by atoms with E-state index in [0.717, 1.165) is 17.7 Å². The number of amides is 1. The number of carbonyl (C=O) groups is 1. The fraction of sp³-hybridized carbons (Fsp3) is 0.333. The van der Waals surface area contributed by atoms with Gasteiger partial charge in [0.25, 0.3) is 0 Å². The lowest BCUT2D eigenvalue weighted by molar-refractivity contribution is -0.116. The SMILES string of the molecule is C=CC(=O)NCc1cc(C)c(OCC2CO2)c(C=N)c1. The van der Waals surface area contributed by atoms with Crippen molar-refractivity contribution < 1.29 is 14.3 Å². The molecule has 1 fully saturated rings. The van der Waals surface area contributed by atoms with Crippen LogP contribution >= 0.6 is 0 Å². The maximum absolute atomic E-state index is 11.2. The van der Waals surface area contributed by atoms with Crippen molar-refractivity contribution in [2.45, 2.75) is 19.6 Å². The van der Waals surface area contributed by atoms with E-state index in [0.29, 0.717) is 24.5 Å². The van der Waals surface area contributed by atoms with Crippen LogP contribution in [0.4, 0.5) is 0 Å². The summed E-state index contributed by atoms with van der Waals surface area (Å²) in [6.45, 7) is 6.98. The first-order valence-corrected chi connectivity index (χ1v) is 6.42. The third-order valence-corrected chi connectivity index (χ3v) is 2.99. The summed E-state index contributed by atoms with van der Waals surface area (Å²) in [5.74, 6) is 0.486. The van der Waals surface area contributed by atoms with Gasteiger partial charge in [-0.25, -0.2) is 0 Å². The Balaban J connectivity index is 2.10. The van der Waals surface area contributed by atoms with Crippen LogP contribution in [0, 0.1) is 12.3 Å². The quantitative estimate of drug-likeness (QED) is 0.450. The Morgan fingerprint density at radius 1 is 1.65 bits per heavy atom. The second kappa shape index (κ2) is 6.34. The van der Waals surface area contributed by atoms with Gasteiger partial charge in [-0.2, -0.15) is 0 Å². The Bertz CT molecular complexity index is 536. The molecule has 0 radical (unpaired) electrons. The number of epoxide rings is 1. The molecule has 0 saturated carbocycles. The van der Waals surface area contributed by atoms with Gasteiger partial charge >= 0.3 is 0 Å². The first-order chi connectivity index (χ1) is 9.63. The highest BCUT2D eigenvalue weighted by Crippen LogP contribution is 2.25. The molecule has 1 aromatic carbocycles. The molecule has 2 rings (SSSR count). The minimum atomic E-state index is -0.217. The monoisotopic (exact) mass is 274 g/mol. The number of nitrogens with one attached hydrogen (secondary N) is 2. The average Bonchev–Trinajstić information content (AvgIpc) is 3.27. The Kier molecular flexibility index (Phi) is 4.53. The maximum Gasteiger partial charge on any atom is 0.243 e. The summed E-state index contributed by atoms with van der Waals surface area (Å²) in [6.07, 6.45) is 2.67. The number of ether oxygens (including phenoxy) is 2. The third kappa shape index (κ3) is 3.68. The van der Waals surface area contributed by atoms with Gasteiger partial charge in [-0.3, -0.25) is 4.79 Å². The van der Waals surface area contributed by atoms with E-state index in [2.05, 4.69) is 11.9 Å². The van der Waals surface area contributed by atoms with Crippen LogP contribution in [0.15, 0.2) is 24.8 Å². The van der Waals surface area contributed by atoms with E-state index in [1.54, 1.807) is 0 Å². The minimum Gasteiger partial charge on any atom is -0.490 e. The van der Waals surface area contributed by atoms with Gasteiger partial charge in [0.15, 0.2) is 0 Å². The standard InChI is InChI=1S/C15H18N2O3/c1-3-14(18)17-7-11-4-10(2)15(12(5-11)6-16)20-9-13-8-19-13/h3-6,13,16H,1,7-9H2,2H3,(H,17,18). The molecule has 1 aliphatic heterocycles. The summed E-state index contributed by atoms with van der Waals surface area (Å²) >= 11 is 0. The molecule has 1 aromatic rings. The maximum atomic E-state index is 11.2. The second-order valence-corrected chi connectivity index (χ2v) is 4.66. The average molecular weight is 274 g/mol. The number of carbonyl (C=O) groups excluding carboxylic acids is 1. The molecular formula is C15H18N2O3. The molecule has 5 nitrogen and oxygen atoms in total. The van der Waals surface area contributed by atoms with Gasteiger partial charge in [-0.05, 0) is 30.2 Å². The molecule has 1 heterocycles. The molecule has 0 aliphatic carbocycles. The molecule has 1 saturated heterocycles. The van der Waals surface area contributed by atoms with E-state index in [1.165, 1.54) is 12.3 Å². The minimum absolute atomic E-state index is 0.180. The molecule has 1 aliphatic rings. The Morgan fingerprint density at radius 2 is 2.40 bits per heavy atom. The molecule has 0 bridgehead atoms. The van der Waals surface area contributed by atoms with E-state index >= 15 is 0 Å². The third-order valence-electron chi connectivity index (χ3n) is 2.99. The molecule has 0 aromatic heterocycles. The summed E-state index contributed by atoms with van der Waals surface area (Å²) in [5.41, 5.74) is 2.56. The largest absolute Gasteiger partial charge is 0.490 e. The van der Waals surface area contributed by atoms with Crippen molar-refractivity contribution in [2.24, 2.45) is 0 Å². The van der Waals surface area contributed by atoms with Gasteiger partial charge in [0, 0.05) is 18.3 Å². The van der Waals surface area contributed by atoms with E-state index in [4.69, 9.17) is 14.9 Å². The molecular weight excluding hydrogens is 256 g/mol. The van der Waals surface area contributed by atoms with Crippen LogP contribution in [-0.2, 0) is 16.1 Å². The van der Waals surface area contributed by atoms with Crippen LogP contribution in [-0.4, -0.2) is 31.4 Å². The van der Waals surface area contributed by atoms with Crippen molar-refractivity contribution in [2.75, 3.05) is 13.2 Å². The molecule has 106 valence electrons. The van der Waals surface area contributed by atoms with Crippen molar-refractivity contribution >= 4 is 12.1 Å². The number of hydrogen-bond donors (Lipinski definition) is 2. The molecule has 1 amide bonds. The normalized spacial score (nSPS) is 16.4. The van der Waals surface area contributed by atoms with E-state index < -0.39 is 0 Å². The highest BCUT2D eigenvalue weighted by molar-refractivity contribution is 5.87. The Morgan fingerprint density at radius 3 is 3.00 bits per heavy atom. The van der Waals surface area contributed by atoms with Gasteiger partial charge in [0.1, 0.15) is 18.5 Å². The number of rotatable bonds is 7. The lowest BCUT2D eigenvalue weighted by Crippen LogP contribution is -2.20. The van der Waals surface area contributed by atoms with Crippen molar-refractivity contribution in [3.63, 3.8) is 0 Å². The van der Waals surface area contributed by atoms with Crippen LogP contribution in [0.3, 0.4) is 0 Å². The summed E-state index contributed by atoms with van der Waals surface area (Å²) < 4.78 is 10.8. The van der Waals surface area contributed by atoms with Gasteiger partial charge in [-0.1, -0.05) is 12.6 Å². The zero-order valence-electron chi connectivity index (χ0n) is 11.4. The number of benzene rings is 1. The lowest BCUT2D eigenvalue weighted by atomic mass is 10.1. The Labute approximate surface area is 118 Å². The summed E-state index contributed by atoms with van der Waals surface area (Å²) in [4.78, 5) is 11.2. The summed E-state index contributed by atoms with van der Waals surface area (Å²) in [6, 6.07) is 3.78. The summed E-state index contributed by atoms with van der Waals surface area (Å²) in [7, 11) is 0. The highest BCUT2D eigenvalue weighted by atomic mass is 16.6. The van der Waals surface area contributed by atoms with Crippen LogP contribution < -0.4 is 10.1 Å². The number of hydrogen-bond acceptors (Lipinski definition) is 4. The van der Waals surface area contributed by atoms with Crippen LogP contribution in [0.1, 0.15) is 16.7 Å². The van der Waals surface area contributed by atoms with E-state index in [-0.39, 0.29) is 12.0 Å². The fourth-order valence-electron chi connectivity index (χ4n) is 1.89.